The molecule has 47 heavy (non-hydrogen) atoms. The van der Waals surface area contributed by atoms with Crippen molar-refractivity contribution in [3.8, 4) is 0 Å². The number of nitrogens with one attached hydrogen (secondary N) is 1. The molecule has 8 rings (SSSR count). The molecule has 0 spiro atoms. The number of aromatic amines is 1. The minimum atomic E-state index is 0.497. The minimum Gasteiger partial charge on any atom is -0.360 e. The molecule has 1 aromatic carbocycles. The van der Waals surface area contributed by atoms with Gasteiger partial charge in [0.2, 0.25) is 0 Å². The van der Waals surface area contributed by atoms with Gasteiger partial charge in [-0.1, -0.05) is 58.5 Å². The number of allylic oxidation sites excluding steroid dienone is 1. The van der Waals surface area contributed by atoms with Gasteiger partial charge in [0, 0.05) is 51.5 Å². The molecule has 0 radical (unpaired) electrons. The topological polar surface area (TPSA) is 85.2 Å². The van der Waals surface area contributed by atoms with E-state index in [1.807, 2.05) is 53.3 Å². The Bertz CT molecular complexity index is 2270. The lowest BCUT2D eigenvalue weighted by atomic mass is 9.96. The second-order valence-corrected chi connectivity index (χ2v) is 14.5. The maximum atomic E-state index is 6.20. The van der Waals surface area contributed by atoms with Crippen molar-refractivity contribution in [3.63, 3.8) is 0 Å². The summed E-state index contributed by atoms with van der Waals surface area (Å²) in [6, 6.07) is 13.6. The Labute approximate surface area is 322 Å². The van der Waals surface area contributed by atoms with Gasteiger partial charge in [0.05, 0.1) is 43.9 Å². The molecule has 7 aromatic rings. The van der Waals surface area contributed by atoms with E-state index in [2.05, 4.69) is 81.3 Å². The first-order valence-corrected chi connectivity index (χ1v) is 18.3. The number of halogens is 7. The lowest BCUT2D eigenvalue weighted by Crippen LogP contribution is -2.08. The summed E-state index contributed by atoms with van der Waals surface area (Å²) in [7, 11) is 0. The minimum absolute atomic E-state index is 0.497. The SMILES string of the molecule is ClCc1ccc2ncc(Cl)cc2c1.Clc1cnc2c(c1)C=C(Cn1nc(I)c3c(Cl)nccc31)CC2.Clc1nccc2[nH]cc(I)c12. The number of H-pyrrole nitrogens is 1. The Kier molecular flexibility index (Phi) is 11.4. The molecule has 0 saturated heterocycles. The van der Waals surface area contributed by atoms with Crippen LogP contribution in [0.2, 0.25) is 20.4 Å². The zero-order valence-electron chi connectivity index (χ0n) is 24.2. The number of hydrogen-bond donors (Lipinski definition) is 1. The summed E-state index contributed by atoms with van der Waals surface area (Å²) in [5.41, 5.74) is 7.57. The van der Waals surface area contributed by atoms with Crippen molar-refractivity contribution in [2.45, 2.75) is 25.3 Å². The van der Waals surface area contributed by atoms with Crippen molar-refractivity contribution in [3.05, 3.63) is 123 Å². The molecule has 6 heterocycles. The van der Waals surface area contributed by atoms with Gasteiger partial charge >= 0.3 is 0 Å². The predicted molar refractivity (Wildman–Crippen MR) is 211 cm³/mol. The first-order chi connectivity index (χ1) is 22.7. The number of aromatic nitrogens is 7. The largest absolute Gasteiger partial charge is 0.360 e. The molecule has 0 bridgehead atoms. The standard InChI is InChI=1S/C16H11Cl2IN4.C10H7Cl2N.C7H4ClIN2/c17-11-6-10-5-9(1-2-12(10)21-7-11)8-23-13-3-4-20-15(18)14(13)16(19)22-23;11-5-7-1-2-10-8(3-7)4-9(12)6-13-10;8-7-6-4(9)3-11-5(6)1-2-10-7/h3-7H,1-2,8H2;1-4,6H,5H2;1-3,11H. The number of benzene rings is 1. The molecular formula is C33H22Cl5I2N7. The van der Waals surface area contributed by atoms with E-state index < -0.39 is 0 Å². The van der Waals surface area contributed by atoms with Gasteiger partial charge in [-0.15, -0.1) is 11.6 Å². The van der Waals surface area contributed by atoms with Crippen LogP contribution in [0.5, 0.6) is 0 Å². The molecule has 0 fully saturated rings. The zero-order valence-corrected chi connectivity index (χ0v) is 32.3. The lowest BCUT2D eigenvalue weighted by Gasteiger charge is -2.16. The highest BCUT2D eigenvalue weighted by atomic mass is 127. The van der Waals surface area contributed by atoms with Crippen LogP contribution in [-0.2, 0) is 18.8 Å². The van der Waals surface area contributed by atoms with Crippen LogP contribution in [0.15, 0.2) is 79.0 Å². The van der Waals surface area contributed by atoms with Gasteiger partial charge in [-0.05, 0) is 111 Å². The van der Waals surface area contributed by atoms with Crippen LogP contribution in [0.1, 0.15) is 23.2 Å². The average molecular weight is 948 g/mol. The van der Waals surface area contributed by atoms with Crippen LogP contribution in [-0.4, -0.2) is 34.7 Å². The van der Waals surface area contributed by atoms with E-state index in [9.17, 15) is 0 Å². The fourth-order valence-electron chi connectivity index (χ4n) is 5.10. The summed E-state index contributed by atoms with van der Waals surface area (Å²) < 4.78 is 3.97. The van der Waals surface area contributed by atoms with E-state index in [0.29, 0.717) is 26.2 Å². The number of rotatable bonds is 3. The van der Waals surface area contributed by atoms with E-state index >= 15 is 0 Å². The molecule has 238 valence electrons. The van der Waals surface area contributed by atoms with Crippen LogP contribution >= 0.6 is 103 Å². The van der Waals surface area contributed by atoms with Crippen molar-refractivity contribution in [2.24, 2.45) is 0 Å². The fourth-order valence-corrected chi connectivity index (χ4v) is 7.92. The smallest absolute Gasteiger partial charge is 0.141 e. The summed E-state index contributed by atoms with van der Waals surface area (Å²) >= 11 is 34.1. The molecule has 1 aliphatic carbocycles. The monoisotopic (exact) mass is 945 g/mol. The molecule has 0 amide bonds. The highest BCUT2D eigenvalue weighted by Gasteiger charge is 2.16. The highest BCUT2D eigenvalue weighted by Crippen LogP contribution is 2.30. The normalized spacial score (nSPS) is 12.3. The second-order valence-electron chi connectivity index (χ2n) is 10.4. The summed E-state index contributed by atoms with van der Waals surface area (Å²) in [5, 5.41) is 9.95. The van der Waals surface area contributed by atoms with Crippen LogP contribution in [0.3, 0.4) is 0 Å². The summed E-state index contributed by atoms with van der Waals surface area (Å²) in [5.74, 6) is 0.516. The van der Waals surface area contributed by atoms with Gasteiger partial charge in [0.25, 0.3) is 0 Å². The Morgan fingerprint density at radius 3 is 2.34 bits per heavy atom. The maximum Gasteiger partial charge on any atom is 0.141 e. The summed E-state index contributed by atoms with van der Waals surface area (Å²) in [4.78, 5) is 19.8. The fraction of sp³-hybridized carbons (Fsp3) is 0.121. The first-order valence-electron chi connectivity index (χ1n) is 14.1. The number of alkyl halides is 1. The quantitative estimate of drug-likeness (QED) is 0.108. The predicted octanol–water partition coefficient (Wildman–Crippen LogP) is 11.2. The molecule has 1 aliphatic rings. The van der Waals surface area contributed by atoms with Crippen LogP contribution in [0.4, 0.5) is 0 Å². The van der Waals surface area contributed by atoms with Crippen LogP contribution in [0.25, 0.3) is 38.8 Å². The Hall–Kier alpha value is -2.26. The molecule has 7 nitrogen and oxygen atoms in total. The first kappa shape index (κ1) is 34.6. The van der Waals surface area contributed by atoms with E-state index in [1.165, 1.54) is 5.57 Å². The van der Waals surface area contributed by atoms with Gasteiger partial charge in [-0.3, -0.25) is 14.6 Å². The van der Waals surface area contributed by atoms with Crippen molar-refractivity contribution in [1.29, 1.82) is 0 Å². The Morgan fingerprint density at radius 1 is 0.809 bits per heavy atom. The maximum absolute atomic E-state index is 6.20. The molecule has 14 heteroatoms. The van der Waals surface area contributed by atoms with Crippen molar-refractivity contribution in [1.82, 2.24) is 34.7 Å². The Balaban J connectivity index is 0.000000136. The van der Waals surface area contributed by atoms with Gasteiger partial charge in [0.15, 0.2) is 0 Å². The molecule has 0 aliphatic heterocycles. The van der Waals surface area contributed by atoms with Crippen molar-refractivity contribution in [2.75, 3.05) is 0 Å². The van der Waals surface area contributed by atoms with Gasteiger partial charge < -0.3 is 4.98 Å². The molecule has 1 N–H and O–H groups in total. The molecule has 0 saturated carbocycles. The van der Waals surface area contributed by atoms with Crippen molar-refractivity contribution < 1.29 is 0 Å². The molecule has 6 aromatic heterocycles. The second kappa shape index (κ2) is 15.5. The third-order valence-corrected chi connectivity index (χ3v) is 10.2. The number of hydrogen-bond acceptors (Lipinski definition) is 5. The third kappa shape index (κ3) is 8.14. The van der Waals surface area contributed by atoms with Gasteiger partial charge in [0.1, 0.15) is 14.0 Å². The summed E-state index contributed by atoms with van der Waals surface area (Å²) in [6.45, 7) is 0.728. The number of aryl methyl sites for hydroxylation is 1. The molecule has 0 unspecified atom stereocenters. The zero-order chi connectivity index (χ0) is 33.1. The van der Waals surface area contributed by atoms with E-state index in [-0.39, 0.29) is 0 Å². The van der Waals surface area contributed by atoms with Crippen LogP contribution < -0.4 is 0 Å². The third-order valence-electron chi connectivity index (χ3n) is 7.31. The van der Waals surface area contributed by atoms with E-state index in [0.717, 1.165) is 76.2 Å². The van der Waals surface area contributed by atoms with Crippen LogP contribution in [0, 0.1) is 7.27 Å². The molecular weight excluding hydrogens is 925 g/mol. The van der Waals surface area contributed by atoms with E-state index in [4.69, 9.17) is 58.0 Å². The number of fused-ring (bicyclic) bond motifs is 4. The lowest BCUT2D eigenvalue weighted by molar-refractivity contribution is 0.667. The van der Waals surface area contributed by atoms with Gasteiger partial charge in [-0.25, -0.2) is 9.97 Å². The Morgan fingerprint density at radius 2 is 1.55 bits per heavy atom. The van der Waals surface area contributed by atoms with E-state index in [1.54, 1.807) is 24.8 Å². The molecule has 0 atom stereocenters. The van der Waals surface area contributed by atoms with Gasteiger partial charge in [-0.2, -0.15) is 5.10 Å². The highest BCUT2D eigenvalue weighted by molar-refractivity contribution is 14.1. The number of nitrogens with zero attached hydrogens (tertiary/aromatic N) is 6. The summed E-state index contributed by atoms with van der Waals surface area (Å²) in [6.07, 6.45) is 12.7. The average Bonchev–Trinajstić information content (AvgIpc) is 3.61. The van der Waals surface area contributed by atoms with Crippen molar-refractivity contribution >= 4 is 142 Å². The number of pyridine rings is 4.